The van der Waals surface area contributed by atoms with Crippen LogP contribution in [0.5, 0.6) is 0 Å². The summed E-state index contributed by atoms with van der Waals surface area (Å²) in [6.07, 6.45) is 10.4. The van der Waals surface area contributed by atoms with Crippen LogP contribution in [0.25, 0.3) is 0 Å². The van der Waals surface area contributed by atoms with Crippen molar-refractivity contribution in [1.29, 1.82) is 0 Å². The van der Waals surface area contributed by atoms with Gasteiger partial charge in [-0.15, -0.1) is 0 Å². The maximum absolute atomic E-state index is 13.3. The second-order valence-electron chi connectivity index (χ2n) is 9.82. The van der Waals surface area contributed by atoms with E-state index < -0.39 is 38.0 Å². The quantitative estimate of drug-likeness (QED) is 0.119. The van der Waals surface area contributed by atoms with E-state index in [0.29, 0.717) is 6.42 Å². The van der Waals surface area contributed by atoms with Gasteiger partial charge in [-0.25, -0.2) is 0 Å². The number of unbranched alkanes of at least 4 members (excludes halogenated alkanes) is 5. The van der Waals surface area contributed by atoms with E-state index in [1.54, 1.807) is 0 Å². The Kier molecular flexibility index (Phi) is 15.0. The Morgan fingerprint density at radius 2 is 1.11 bits per heavy atom. The average Bonchev–Trinajstić information content (AvgIpc) is 2.90. The van der Waals surface area contributed by atoms with E-state index >= 15 is 0 Å². The van der Waals surface area contributed by atoms with Gasteiger partial charge in [0, 0.05) is 0 Å². The molecule has 2 aromatic rings. The molecule has 0 heterocycles. The second kappa shape index (κ2) is 17.1. The second-order valence-corrected chi connectivity index (χ2v) is 32.4. The van der Waals surface area contributed by atoms with Gasteiger partial charge >= 0.3 is 226 Å². The van der Waals surface area contributed by atoms with Crippen LogP contribution < -0.4 is 7.16 Å². The third kappa shape index (κ3) is 9.69. The van der Waals surface area contributed by atoms with Crippen LogP contribution in [-0.4, -0.2) is 44.0 Å². The van der Waals surface area contributed by atoms with Crippen molar-refractivity contribution >= 4 is 51.1 Å². The molecule has 0 saturated heterocycles. The first kappa shape index (κ1) is 30.7. The van der Waals surface area contributed by atoms with Gasteiger partial charge in [0.05, 0.1) is 0 Å². The van der Waals surface area contributed by atoms with Crippen LogP contribution in [-0.2, 0) is 9.28 Å². The summed E-state index contributed by atoms with van der Waals surface area (Å²) in [5.74, 6) is -0.0339. The van der Waals surface area contributed by atoms with Crippen molar-refractivity contribution in [2.75, 3.05) is 0 Å². The van der Waals surface area contributed by atoms with Crippen LogP contribution in [0.4, 0.5) is 0 Å². The summed E-state index contributed by atoms with van der Waals surface area (Å²) in [5, 5.41) is 0. The van der Waals surface area contributed by atoms with Crippen LogP contribution in [0.1, 0.15) is 91.9 Å². The van der Waals surface area contributed by atoms with Crippen LogP contribution in [0.3, 0.4) is 0 Å². The number of benzene rings is 2. The maximum atomic E-state index is 13.3. The predicted octanol–water partition coefficient (Wildman–Crippen LogP) is 7.73. The van der Waals surface area contributed by atoms with E-state index in [-0.39, 0.29) is 5.97 Å². The molecule has 5 heteroatoms. The molecule has 35 heavy (non-hydrogen) atoms. The van der Waals surface area contributed by atoms with Crippen LogP contribution >= 0.6 is 0 Å². The molecule has 194 valence electrons. The molecule has 0 bridgehead atoms. The van der Waals surface area contributed by atoms with Crippen LogP contribution in [0, 0.1) is 0 Å². The zero-order valence-corrected chi connectivity index (χ0v) is 28.4. The molecular weight excluding hydrogens is 646 g/mol. The summed E-state index contributed by atoms with van der Waals surface area (Å²) in [6, 6.07) is 21.7. The number of hydrogen-bond donors (Lipinski definition) is 0. The van der Waals surface area contributed by atoms with Gasteiger partial charge in [-0.2, -0.15) is 0 Å². The Morgan fingerprint density at radius 3 is 1.63 bits per heavy atom. The first-order chi connectivity index (χ1) is 17.1. The molecular formula is C30H48O3Sn2. The zero-order chi connectivity index (χ0) is 25.4. The van der Waals surface area contributed by atoms with Gasteiger partial charge in [0.2, 0.25) is 0 Å². The van der Waals surface area contributed by atoms with Gasteiger partial charge in [0.1, 0.15) is 0 Å². The summed E-state index contributed by atoms with van der Waals surface area (Å²) >= 11 is -7.38. The van der Waals surface area contributed by atoms with Gasteiger partial charge in [-0.3, -0.25) is 0 Å². The Hall–Kier alpha value is -0.533. The van der Waals surface area contributed by atoms with Crippen molar-refractivity contribution in [3.8, 4) is 0 Å². The molecule has 2 rings (SSSR count). The first-order valence-electron chi connectivity index (χ1n) is 14.1. The predicted molar refractivity (Wildman–Crippen MR) is 154 cm³/mol. The Labute approximate surface area is 224 Å². The summed E-state index contributed by atoms with van der Waals surface area (Å²) in [7, 11) is 0. The monoisotopic (exact) mass is 696 g/mol. The minimum absolute atomic E-state index is 0.0339. The molecule has 1 unspecified atom stereocenters. The van der Waals surface area contributed by atoms with E-state index in [1.807, 2.05) is 0 Å². The molecule has 0 radical (unpaired) electrons. The van der Waals surface area contributed by atoms with E-state index in [2.05, 4.69) is 88.4 Å². The summed E-state index contributed by atoms with van der Waals surface area (Å²) in [6.45, 7) is 8.96. The number of rotatable bonds is 18. The molecule has 0 spiro atoms. The Morgan fingerprint density at radius 1 is 0.629 bits per heavy atom. The van der Waals surface area contributed by atoms with Crippen molar-refractivity contribution in [3.05, 3.63) is 60.7 Å². The Bertz CT molecular complexity index is 820. The van der Waals surface area contributed by atoms with E-state index in [1.165, 1.54) is 41.7 Å². The van der Waals surface area contributed by atoms with E-state index in [4.69, 9.17) is 4.49 Å². The SMILES string of the molecule is CCCCCC(=O)[O][Sn]([CH2]CCC)([O][Sn]([CH2]CCC)([CH2]CCC)[c]1ccccc1)[c]1ccccc1. The Balaban J connectivity index is 2.61. The average molecular weight is 694 g/mol. The van der Waals surface area contributed by atoms with Crippen LogP contribution in [0.2, 0.25) is 13.3 Å². The van der Waals surface area contributed by atoms with Gasteiger partial charge < -0.3 is 0 Å². The van der Waals surface area contributed by atoms with Gasteiger partial charge in [0.15, 0.2) is 0 Å². The minimum atomic E-state index is -4.01. The van der Waals surface area contributed by atoms with Crippen molar-refractivity contribution < 1.29 is 9.28 Å². The van der Waals surface area contributed by atoms with Gasteiger partial charge in [-0.05, 0) is 0 Å². The summed E-state index contributed by atoms with van der Waals surface area (Å²) < 4.78 is 20.4. The summed E-state index contributed by atoms with van der Waals surface area (Å²) in [4.78, 5) is 13.3. The fourth-order valence-corrected chi connectivity index (χ4v) is 48.6. The molecule has 2 aromatic carbocycles. The molecule has 0 amide bonds. The van der Waals surface area contributed by atoms with Crippen molar-refractivity contribution in [2.45, 2.75) is 105 Å². The molecule has 0 aliphatic carbocycles. The zero-order valence-electron chi connectivity index (χ0n) is 22.7. The van der Waals surface area contributed by atoms with Crippen molar-refractivity contribution in [1.82, 2.24) is 0 Å². The van der Waals surface area contributed by atoms with Gasteiger partial charge in [-0.1, -0.05) is 0 Å². The normalized spacial score (nSPS) is 13.4. The number of carbonyl (C=O) groups excluding carboxylic acids is 1. The van der Waals surface area contributed by atoms with E-state index in [0.717, 1.165) is 36.5 Å². The molecule has 3 nitrogen and oxygen atoms in total. The van der Waals surface area contributed by atoms with Crippen molar-refractivity contribution in [3.63, 3.8) is 0 Å². The number of hydrogen-bond acceptors (Lipinski definition) is 3. The van der Waals surface area contributed by atoms with Gasteiger partial charge in [0.25, 0.3) is 0 Å². The molecule has 0 aromatic heterocycles. The molecule has 0 fully saturated rings. The molecule has 0 aliphatic rings. The topological polar surface area (TPSA) is 35.5 Å². The van der Waals surface area contributed by atoms with E-state index in [9.17, 15) is 4.79 Å². The fraction of sp³-hybridized carbons (Fsp3) is 0.567. The summed E-state index contributed by atoms with van der Waals surface area (Å²) in [5.41, 5.74) is 0. The number of carbonyl (C=O) groups is 1. The van der Waals surface area contributed by atoms with Crippen molar-refractivity contribution in [2.24, 2.45) is 0 Å². The van der Waals surface area contributed by atoms with Crippen LogP contribution in [0.15, 0.2) is 60.7 Å². The third-order valence-corrected chi connectivity index (χ3v) is 41.2. The standard InChI is InChI=1S/C6H12O2.2C6H5.3C4H9.O.2Sn/c1-2-3-4-5-6(7)8;2*1-2-4-6-5-3-1;3*1-3-4-2;;;/h2-5H2,1H3,(H,7,8);2*1-5H;3*1,3-4H2,2H3;;;/q;;;;;;;;+1/p-1. The molecule has 1 atom stereocenters. The first-order valence-corrected chi connectivity index (χ1v) is 26.5. The molecule has 0 N–H and O–H groups in total. The molecule has 0 aliphatic heterocycles. The fourth-order valence-electron chi connectivity index (χ4n) is 4.80. The third-order valence-electron chi connectivity index (χ3n) is 6.86. The molecule has 0 saturated carbocycles.